The molecule has 0 bridgehead atoms. The zero-order valence-electron chi connectivity index (χ0n) is 7.27. The summed E-state index contributed by atoms with van der Waals surface area (Å²) in [4.78, 5) is 23.1. The summed E-state index contributed by atoms with van der Waals surface area (Å²) in [6.07, 6.45) is 0. The zero-order chi connectivity index (χ0) is 10.0. The van der Waals surface area contributed by atoms with E-state index in [4.69, 9.17) is 5.11 Å². The molecule has 1 rings (SSSR count). The van der Waals surface area contributed by atoms with Crippen molar-refractivity contribution in [2.24, 2.45) is 0 Å². The van der Waals surface area contributed by atoms with Crippen molar-refractivity contribution in [1.82, 2.24) is 0 Å². The van der Waals surface area contributed by atoms with Gasteiger partial charge in [-0.05, 0) is 12.1 Å². The summed E-state index contributed by atoms with van der Waals surface area (Å²) in [7, 11) is 1.61. The molecular formula is C8H9NO3S. The van der Waals surface area contributed by atoms with Gasteiger partial charge in [-0.1, -0.05) is 0 Å². The van der Waals surface area contributed by atoms with Crippen LogP contribution in [0.1, 0.15) is 16.6 Å². The fourth-order valence-electron chi connectivity index (χ4n) is 0.778. The highest BCUT2D eigenvalue weighted by molar-refractivity contribution is 7.18. The summed E-state index contributed by atoms with van der Waals surface area (Å²) >= 11 is 1.08. The maximum atomic E-state index is 10.9. The molecule has 70 valence electrons. The summed E-state index contributed by atoms with van der Waals surface area (Å²) in [6, 6.07) is 3.11. The van der Waals surface area contributed by atoms with Crippen LogP contribution in [0.4, 0.5) is 5.00 Å². The van der Waals surface area contributed by atoms with Gasteiger partial charge in [-0.2, -0.15) is 0 Å². The van der Waals surface area contributed by atoms with Crippen LogP contribution in [0.3, 0.4) is 0 Å². The van der Waals surface area contributed by atoms with Gasteiger partial charge >= 0.3 is 5.97 Å². The Morgan fingerprint density at radius 2 is 2.08 bits per heavy atom. The number of carboxylic acid groups (broad SMARTS) is 1. The Morgan fingerprint density at radius 1 is 1.46 bits per heavy atom. The van der Waals surface area contributed by atoms with Crippen molar-refractivity contribution in [2.75, 3.05) is 11.9 Å². The van der Waals surface area contributed by atoms with E-state index in [2.05, 4.69) is 0 Å². The van der Waals surface area contributed by atoms with Gasteiger partial charge in [0.2, 0.25) is 5.91 Å². The zero-order valence-corrected chi connectivity index (χ0v) is 8.09. The highest BCUT2D eigenvalue weighted by Gasteiger charge is 2.11. The van der Waals surface area contributed by atoms with Crippen LogP contribution in [0.5, 0.6) is 0 Å². The molecule has 0 fully saturated rings. The van der Waals surface area contributed by atoms with Gasteiger partial charge in [0, 0.05) is 14.0 Å². The first-order valence-corrected chi connectivity index (χ1v) is 4.41. The molecule has 4 nitrogen and oxygen atoms in total. The van der Waals surface area contributed by atoms with E-state index in [0.29, 0.717) is 5.00 Å². The molecule has 13 heavy (non-hydrogen) atoms. The normalized spacial score (nSPS) is 9.69. The predicted octanol–water partition coefficient (Wildman–Crippen LogP) is 1.43. The average molecular weight is 199 g/mol. The van der Waals surface area contributed by atoms with Crippen molar-refractivity contribution in [1.29, 1.82) is 0 Å². The molecular weight excluding hydrogens is 190 g/mol. The van der Waals surface area contributed by atoms with Crippen LogP contribution < -0.4 is 4.90 Å². The fourth-order valence-corrected chi connectivity index (χ4v) is 1.63. The number of anilines is 1. The van der Waals surface area contributed by atoms with Crippen LogP contribution in [-0.4, -0.2) is 24.0 Å². The Hall–Kier alpha value is -1.36. The van der Waals surface area contributed by atoms with Gasteiger partial charge in [0.1, 0.15) is 4.88 Å². The van der Waals surface area contributed by atoms with Crippen molar-refractivity contribution in [3.05, 3.63) is 17.0 Å². The van der Waals surface area contributed by atoms with Crippen LogP contribution in [0.25, 0.3) is 0 Å². The summed E-state index contributed by atoms with van der Waals surface area (Å²) in [5.74, 6) is -1.08. The highest BCUT2D eigenvalue weighted by atomic mass is 32.1. The van der Waals surface area contributed by atoms with E-state index >= 15 is 0 Å². The maximum absolute atomic E-state index is 10.9. The lowest BCUT2D eigenvalue weighted by molar-refractivity contribution is -0.116. The molecule has 1 heterocycles. The minimum absolute atomic E-state index is 0.112. The number of carbonyl (C=O) groups is 2. The third kappa shape index (κ3) is 2.06. The summed E-state index contributed by atoms with van der Waals surface area (Å²) < 4.78 is 0. The van der Waals surface area contributed by atoms with E-state index in [9.17, 15) is 9.59 Å². The molecule has 1 aromatic rings. The summed E-state index contributed by atoms with van der Waals surface area (Å²) in [6.45, 7) is 1.43. The minimum Gasteiger partial charge on any atom is -0.477 e. The first-order valence-electron chi connectivity index (χ1n) is 3.60. The van der Waals surface area contributed by atoms with E-state index in [1.54, 1.807) is 13.1 Å². The lowest BCUT2D eigenvalue weighted by Crippen LogP contribution is -2.21. The second kappa shape index (κ2) is 3.57. The Bertz CT molecular complexity index is 345. The van der Waals surface area contributed by atoms with Crippen LogP contribution >= 0.6 is 11.3 Å². The van der Waals surface area contributed by atoms with Crippen molar-refractivity contribution < 1.29 is 14.7 Å². The molecule has 1 N–H and O–H groups in total. The molecule has 0 aliphatic heterocycles. The number of carbonyl (C=O) groups excluding carboxylic acids is 1. The lowest BCUT2D eigenvalue weighted by Gasteiger charge is -2.10. The Morgan fingerprint density at radius 3 is 2.46 bits per heavy atom. The largest absolute Gasteiger partial charge is 0.477 e. The molecule has 1 aromatic heterocycles. The van der Waals surface area contributed by atoms with Gasteiger partial charge in [-0.15, -0.1) is 11.3 Å². The van der Waals surface area contributed by atoms with E-state index in [1.807, 2.05) is 0 Å². The number of carboxylic acids is 1. The summed E-state index contributed by atoms with van der Waals surface area (Å²) in [5.41, 5.74) is 0. The minimum atomic E-state index is -0.965. The van der Waals surface area contributed by atoms with E-state index < -0.39 is 5.97 Å². The van der Waals surface area contributed by atoms with Crippen molar-refractivity contribution >= 4 is 28.2 Å². The number of aromatic carboxylic acids is 1. The van der Waals surface area contributed by atoms with Gasteiger partial charge in [0.15, 0.2) is 0 Å². The van der Waals surface area contributed by atoms with Crippen molar-refractivity contribution in [3.8, 4) is 0 Å². The third-order valence-electron chi connectivity index (χ3n) is 1.61. The molecule has 0 spiro atoms. The molecule has 0 radical (unpaired) electrons. The van der Waals surface area contributed by atoms with Gasteiger partial charge in [0.25, 0.3) is 0 Å². The quantitative estimate of drug-likeness (QED) is 0.783. The fraction of sp³-hybridized carbons (Fsp3) is 0.250. The Labute approximate surface area is 79.4 Å². The molecule has 0 atom stereocenters. The van der Waals surface area contributed by atoms with Gasteiger partial charge in [0.05, 0.1) is 5.00 Å². The number of amides is 1. The van der Waals surface area contributed by atoms with Gasteiger partial charge < -0.3 is 10.0 Å². The van der Waals surface area contributed by atoms with Crippen LogP contribution in [-0.2, 0) is 4.79 Å². The van der Waals surface area contributed by atoms with Gasteiger partial charge in [-0.3, -0.25) is 4.79 Å². The van der Waals surface area contributed by atoms with E-state index in [1.165, 1.54) is 17.9 Å². The van der Waals surface area contributed by atoms with Crippen LogP contribution in [0.2, 0.25) is 0 Å². The molecule has 0 unspecified atom stereocenters. The third-order valence-corrected chi connectivity index (χ3v) is 2.76. The number of rotatable bonds is 2. The second-order valence-electron chi connectivity index (χ2n) is 2.52. The molecule has 0 saturated carbocycles. The Balaban J connectivity index is 2.91. The highest BCUT2D eigenvalue weighted by Crippen LogP contribution is 2.24. The number of nitrogens with zero attached hydrogens (tertiary/aromatic N) is 1. The first-order chi connectivity index (χ1) is 6.02. The number of thiophene rings is 1. The summed E-state index contributed by atoms with van der Waals surface area (Å²) in [5, 5.41) is 9.27. The molecule has 0 aliphatic carbocycles. The van der Waals surface area contributed by atoms with Crippen molar-refractivity contribution in [2.45, 2.75) is 6.92 Å². The van der Waals surface area contributed by atoms with Crippen LogP contribution in [0.15, 0.2) is 12.1 Å². The maximum Gasteiger partial charge on any atom is 0.345 e. The second-order valence-corrected chi connectivity index (χ2v) is 3.58. The number of hydrogen-bond donors (Lipinski definition) is 1. The SMILES string of the molecule is CC(=O)N(C)c1ccc(C(=O)O)s1. The predicted molar refractivity (Wildman–Crippen MR) is 50.4 cm³/mol. The van der Waals surface area contributed by atoms with E-state index in [0.717, 1.165) is 11.3 Å². The molecule has 0 aromatic carbocycles. The van der Waals surface area contributed by atoms with Gasteiger partial charge in [-0.25, -0.2) is 4.79 Å². The monoisotopic (exact) mass is 199 g/mol. The van der Waals surface area contributed by atoms with E-state index in [-0.39, 0.29) is 10.8 Å². The number of hydrogen-bond acceptors (Lipinski definition) is 3. The molecule has 5 heteroatoms. The Kier molecular flexibility index (Phi) is 2.67. The van der Waals surface area contributed by atoms with Crippen LogP contribution in [0, 0.1) is 0 Å². The topological polar surface area (TPSA) is 57.6 Å². The lowest BCUT2D eigenvalue weighted by atomic mass is 10.4. The molecule has 0 saturated heterocycles. The average Bonchev–Trinajstić information content (AvgIpc) is 2.50. The molecule has 1 amide bonds. The van der Waals surface area contributed by atoms with Crippen molar-refractivity contribution in [3.63, 3.8) is 0 Å². The first kappa shape index (κ1) is 9.73. The molecule has 0 aliphatic rings. The smallest absolute Gasteiger partial charge is 0.345 e. The standard InChI is InChI=1S/C8H9NO3S/c1-5(10)9(2)7-4-3-6(13-7)8(11)12/h3-4H,1-2H3,(H,11,12).